The molecule has 2 aromatic heterocycles. The first kappa shape index (κ1) is 16.6. The third kappa shape index (κ3) is 4.20. The number of nitrogens with one attached hydrogen (secondary N) is 1. The maximum atomic E-state index is 12.2. The fraction of sp³-hybridized carbons (Fsp3) is 0.500. The zero-order chi connectivity index (χ0) is 16.8. The minimum Gasteiger partial charge on any atom is -0.351 e. The quantitative estimate of drug-likeness (QED) is 0.884. The summed E-state index contributed by atoms with van der Waals surface area (Å²) in [5.41, 5.74) is 0.583. The van der Waals surface area contributed by atoms with Crippen molar-refractivity contribution in [3.63, 3.8) is 0 Å². The molecule has 128 valence electrons. The van der Waals surface area contributed by atoms with E-state index in [1.165, 1.54) is 32.1 Å². The number of amides is 1. The molecule has 0 unspecified atom stereocenters. The van der Waals surface area contributed by atoms with Gasteiger partial charge in [-0.15, -0.1) is 0 Å². The summed E-state index contributed by atoms with van der Waals surface area (Å²) in [6.45, 7) is 1.55. The summed E-state index contributed by atoms with van der Waals surface area (Å²) in [6, 6.07) is 4.29. The van der Waals surface area contributed by atoms with Crippen LogP contribution in [0.1, 0.15) is 42.5 Å². The minimum absolute atomic E-state index is 0.0725. The molecular weight excluding hydrogens is 302 g/mol. The predicted molar refractivity (Wildman–Crippen MR) is 93.2 cm³/mol. The van der Waals surface area contributed by atoms with Crippen LogP contribution in [0.15, 0.2) is 37.1 Å². The fourth-order valence-corrected chi connectivity index (χ4v) is 3.22. The van der Waals surface area contributed by atoms with Gasteiger partial charge in [0.05, 0.1) is 5.56 Å². The Bertz CT molecular complexity index is 632. The van der Waals surface area contributed by atoms with Crippen molar-refractivity contribution in [2.75, 3.05) is 20.1 Å². The number of rotatable bonds is 6. The average Bonchev–Trinajstić information content (AvgIpc) is 3.17. The molecule has 1 saturated carbocycles. The van der Waals surface area contributed by atoms with Crippen LogP contribution in [0.2, 0.25) is 0 Å². The van der Waals surface area contributed by atoms with Gasteiger partial charge in [0.15, 0.2) is 0 Å². The first-order valence-corrected chi connectivity index (χ1v) is 8.67. The van der Waals surface area contributed by atoms with Crippen molar-refractivity contribution in [1.29, 1.82) is 0 Å². The number of hydrogen-bond donors (Lipinski definition) is 1. The number of nitrogens with zero attached hydrogens (tertiary/aromatic N) is 4. The molecule has 2 aromatic rings. The lowest BCUT2D eigenvalue weighted by Crippen LogP contribution is -2.39. The van der Waals surface area contributed by atoms with Crippen molar-refractivity contribution in [3.05, 3.63) is 42.6 Å². The van der Waals surface area contributed by atoms with Crippen LogP contribution in [-0.4, -0.2) is 51.5 Å². The highest BCUT2D eigenvalue weighted by Gasteiger charge is 2.17. The first-order valence-electron chi connectivity index (χ1n) is 8.67. The third-order valence-electron chi connectivity index (χ3n) is 4.73. The zero-order valence-corrected chi connectivity index (χ0v) is 14.2. The Morgan fingerprint density at radius 2 is 2.17 bits per heavy atom. The van der Waals surface area contributed by atoms with E-state index in [0.717, 1.165) is 12.4 Å². The Hall–Kier alpha value is -2.21. The van der Waals surface area contributed by atoms with Crippen LogP contribution in [0, 0.1) is 0 Å². The highest BCUT2D eigenvalue weighted by Crippen LogP contribution is 2.21. The van der Waals surface area contributed by atoms with Gasteiger partial charge in [-0.2, -0.15) is 0 Å². The molecule has 1 N–H and O–H groups in total. The van der Waals surface area contributed by atoms with Gasteiger partial charge in [-0.25, -0.2) is 9.97 Å². The number of imidazole rings is 1. The molecule has 0 atom stereocenters. The molecule has 1 aliphatic rings. The summed E-state index contributed by atoms with van der Waals surface area (Å²) < 4.78 is 1.81. The van der Waals surface area contributed by atoms with Crippen molar-refractivity contribution in [3.8, 4) is 5.82 Å². The second-order valence-electron chi connectivity index (χ2n) is 6.40. The van der Waals surface area contributed by atoms with Gasteiger partial charge in [0.1, 0.15) is 12.1 Å². The summed E-state index contributed by atoms with van der Waals surface area (Å²) in [4.78, 5) is 22.9. The zero-order valence-electron chi connectivity index (χ0n) is 14.2. The Kier molecular flexibility index (Phi) is 5.59. The molecule has 2 heterocycles. The smallest absolute Gasteiger partial charge is 0.252 e. The number of pyridine rings is 1. The average molecular weight is 327 g/mol. The van der Waals surface area contributed by atoms with Gasteiger partial charge in [-0.3, -0.25) is 9.36 Å². The summed E-state index contributed by atoms with van der Waals surface area (Å²) in [5.74, 6) is 0.679. The Labute approximate surface area is 142 Å². The van der Waals surface area contributed by atoms with Gasteiger partial charge in [-0.05, 0) is 32.0 Å². The molecule has 0 spiro atoms. The molecule has 6 nitrogen and oxygen atoms in total. The van der Waals surface area contributed by atoms with Crippen LogP contribution in [-0.2, 0) is 0 Å². The Balaban J connectivity index is 1.46. The highest BCUT2D eigenvalue weighted by molar-refractivity contribution is 5.93. The molecule has 0 saturated heterocycles. The van der Waals surface area contributed by atoms with Crippen LogP contribution in [0.25, 0.3) is 5.82 Å². The van der Waals surface area contributed by atoms with E-state index < -0.39 is 0 Å². The van der Waals surface area contributed by atoms with Crippen molar-refractivity contribution in [2.45, 2.75) is 38.1 Å². The molecule has 3 rings (SSSR count). The molecule has 1 fully saturated rings. The second kappa shape index (κ2) is 8.06. The van der Waals surface area contributed by atoms with Crippen LogP contribution in [0.5, 0.6) is 0 Å². The molecule has 24 heavy (non-hydrogen) atoms. The monoisotopic (exact) mass is 327 g/mol. The highest BCUT2D eigenvalue weighted by atomic mass is 16.1. The van der Waals surface area contributed by atoms with Crippen LogP contribution in [0.3, 0.4) is 0 Å². The van der Waals surface area contributed by atoms with Gasteiger partial charge in [0.2, 0.25) is 0 Å². The van der Waals surface area contributed by atoms with Crippen molar-refractivity contribution in [1.82, 2.24) is 24.8 Å². The number of aromatic nitrogens is 3. The normalized spacial score (nSPS) is 15.6. The second-order valence-corrected chi connectivity index (χ2v) is 6.40. The Morgan fingerprint density at radius 3 is 2.83 bits per heavy atom. The van der Waals surface area contributed by atoms with E-state index in [0.29, 0.717) is 18.2 Å². The van der Waals surface area contributed by atoms with E-state index in [9.17, 15) is 4.79 Å². The van der Waals surface area contributed by atoms with E-state index in [-0.39, 0.29) is 5.91 Å². The van der Waals surface area contributed by atoms with Crippen LogP contribution < -0.4 is 5.32 Å². The standard InChI is InChI=1S/C18H25N5O/c1-22(16-5-3-2-4-6-16)11-10-20-18(24)15-7-8-17(21-13-15)23-12-9-19-14-23/h7-9,12-14,16H,2-6,10-11H2,1H3,(H,20,24). The van der Waals surface area contributed by atoms with E-state index >= 15 is 0 Å². The molecule has 6 heteroatoms. The molecule has 0 radical (unpaired) electrons. The molecule has 1 amide bonds. The summed E-state index contributed by atoms with van der Waals surface area (Å²) in [7, 11) is 2.16. The number of likely N-dealkylation sites (N-methyl/N-ethyl adjacent to an activating group) is 1. The van der Waals surface area contributed by atoms with Gasteiger partial charge in [0.25, 0.3) is 5.91 Å². The fourth-order valence-electron chi connectivity index (χ4n) is 3.22. The topological polar surface area (TPSA) is 63.1 Å². The van der Waals surface area contributed by atoms with Gasteiger partial charge in [0, 0.05) is 37.7 Å². The van der Waals surface area contributed by atoms with Gasteiger partial charge >= 0.3 is 0 Å². The first-order chi connectivity index (χ1) is 11.7. The Morgan fingerprint density at radius 1 is 1.33 bits per heavy atom. The molecule has 0 bridgehead atoms. The summed E-state index contributed by atoms with van der Waals surface area (Å²) in [5, 5.41) is 2.98. The van der Waals surface area contributed by atoms with Crippen molar-refractivity contribution >= 4 is 5.91 Å². The maximum Gasteiger partial charge on any atom is 0.252 e. The van der Waals surface area contributed by atoms with E-state index in [1.54, 1.807) is 29.4 Å². The molecule has 1 aliphatic carbocycles. The molecular formula is C18H25N5O. The largest absolute Gasteiger partial charge is 0.351 e. The molecule has 0 aliphatic heterocycles. The van der Waals surface area contributed by atoms with Crippen LogP contribution >= 0.6 is 0 Å². The van der Waals surface area contributed by atoms with Gasteiger partial charge in [-0.1, -0.05) is 19.3 Å². The number of hydrogen-bond acceptors (Lipinski definition) is 4. The van der Waals surface area contributed by atoms with E-state index in [1.807, 2.05) is 12.3 Å². The third-order valence-corrected chi connectivity index (χ3v) is 4.73. The van der Waals surface area contributed by atoms with Crippen molar-refractivity contribution in [2.24, 2.45) is 0 Å². The van der Waals surface area contributed by atoms with E-state index in [4.69, 9.17) is 0 Å². The summed E-state index contributed by atoms with van der Waals surface area (Å²) in [6.07, 6.45) is 13.4. The minimum atomic E-state index is -0.0725. The lowest BCUT2D eigenvalue weighted by Gasteiger charge is -2.31. The lowest BCUT2D eigenvalue weighted by molar-refractivity contribution is 0.0944. The number of carbonyl (C=O) groups excluding carboxylic acids is 1. The predicted octanol–water partition coefficient (Wildman–Crippen LogP) is 2.26. The lowest BCUT2D eigenvalue weighted by atomic mass is 9.94. The van der Waals surface area contributed by atoms with E-state index in [2.05, 4.69) is 27.2 Å². The van der Waals surface area contributed by atoms with Crippen molar-refractivity contribution < 1.29 is 4.79 Å². The summed E-state index contributed by atoms with van der Waals surface area (Å²) >= 11 is 0. The van der Waals surface area contributed by atoms with Gasteiger partial charge < -0.3 is 10.2 Å². The maximum absolute atomic E-state index is 12.2. The SMILES string of the molecule is CN(CCNC(=O)c1ccc(-n2ccnc2)nc1)C1CCCCC1. The number of carbonyl (C=O) groups is 1. The van der Waals surface area contributed by atoms with Crippen LogP contribution in [0.4, 0.5) is 0 Å². The molecule has 0 aromatic carbocycles.